The van der Waals surface area contributed by atoms with Gasteiger partial charge in [0, 0.05) is 11.3 Å². The molecule has 0 aliphatic heterocycles. The van der Waals surface area contributed by atoms with Crippen molar-refractivity contribution in [1.29, 1.82) is 0 Å². The quantitative estimate of drug-likeness (QED) is 0.734. The zero-order chi connectivity index (χ0) is 14.7. The van der Waals surface area contributed by atoms with Gasteiger partial charge in [-0.15, -0.1) is 0 Å². The number of hydrogen-bond acceptors (Lipinski definition) is 3. The van der Waals surface area contributed by atoms with Crippen LogP contribution in [0.15, 0.2) is 42.5 Å². The van der Waals surface area contributed by atoms with Gasteiger partial charge in [-0.1, -0.05) is 24.3 Å². The first-order valence-electron chi connectivity index (χ1n) is 6.32. The van der Waals surface area contributed by atoms with Crippen LogP contribution in [-0.4, -0.2) is 23.1 Å². The zero-order valence-corrected chi connectivity index (χ0v) is 11.4. The van der Waals surface area contributed by atoms with Crippen LogP contribution in [0.25, 0.3) is 0 Å². The Morgan fingerprint density at radius 2 is 1.70 bits per heavy atom. The second-order valence-corrected chi connectivity index (χ2v) is 4.77. The highest BCUT2D eigenvalue weighted by Crippen LogP contribution is 2.17. The van der Waals surface area contributed by atoms with Gasteiger partial charge in [0.05, 0.1) is 0 Å². The third-order valence-corrected chi connectivity index (χ3v) is 3.11. The molecular weight excluding hydrogens is 253 g/mol. The Morgan fingerprint density at radius 1 is 1.05 bits per heavy atom. The standard InChI is InChI=1S/C15H16BNO3/c1-10-3-4-11(2)14(9-10)17-15(18)12-5-7-13(8-6-12)16(19)20/h3-9,19-20H,1-2H3,(H,17,18). The van der Waals surface area contributed by atoms with Gasteiger partial charge in [-0.05, 0) is 48.6 Å². The predicted octanol–water partition coefficient (Wildman–Crippen LogP) is 1.24. The molecule has 2 rings (SSSR count). The summed E-state index contributed by atoms with van der Waals surface area (Å²) in [4.78, 5) is 12.1. The minimum Gasteiger partial charge on any atom is -0.423 e. The molecule has 0 saturated carbocycles. The largest absolute Gasteiger partial charge is 0.488 e. The highest BCUT2D eigenvalue weighted by Gasteiger charge is 2.12. The van der Waals surface area contributed by atoms with Crippen molar-refractivity contribution < 1.29 is 14.8 Å². The average Bonchev–Trinajstić information content (AvgIpc) is 2.43. The third kappa shape index (κ3) is 3.26. The zero-order valence-electron chi connectivity index (χ0n) is 11.4. The number of nitrogens with one attached hydrogen (secondary N) is 1. The van der Waals surface area contributed by atoms with Crippen molar-refractivity contribution in [2.75, 3.05) is 5.32 Å². The molecule has 3 N–H and O–H groups in total. The van der Waals surface area contributed by atoms with Crippen LogP contribution in [0.2, 0.25) is 0 Å². The molecule has 0 saturated heterocycles. The number of carbonyl (C=O) groups excluding carboxylic acids is 1. The van der Waals surface area contributed by atoms with Crippen LogP contribution >= 0.6 is 0 Å². The molecule has 20 heavy (non-hydrogen) atoms. The summed E-state index contributed by atoms with van der Waals surface area (Å²) in [7, 11) is -1.52. The third-order valence-electron chi connectivity index (χ3n) is 3.11. The van der Waals surface area contributed by atoms with Gasteiger partial charge >= 0.3 is 7.12 Å². The van der Waals surface area contributed by atoms with Crippen LogP contribution in [0.5, 0.6) is 0 Å². The smallest absolute Gasteiger partial charge is 0.423 e. The number of carbonyl (C=O) groups is 1. The van der Waals surface area contributed by atoms with E-state index in [-0.39, 0.29) is 5.91 Å². The molecule has 0 radical (unpaired) electrons. The molecule has 0 aliphatic rings. The van der Waals surface area contributed by atoms with Gasteiger partial charge in [0.25, 0.3) is 5.91 Å². The van der Waals surface area contributed by atoms with Crippen molar-refractivity contribution in [3.63, 3.8) is 0 Å². The van der Waals surface area contributed by atoms with Gasteiger partial charge in [0.1, 0.15) is 0 Å². The molecule has 0 fully saturated rings. The van der Waals surface area contributed by atoms with E-state index >= 15 is 0 Å². The molecule has 0 atom stereocenters. The number of hydrogen-bond donors (Lipinski definition) is 3. The molecule has 0 heterocycles. The molecule has 0 unspecified atom stereocenters. The monoisotopic (exact) mass is 269 g/mol. The van der Waals surface area contributed by atoms with Gasteiger partial charge in [-0.3, -0.25) is 4.79 Å². The van der Waals surface area contributed by atoms with E-state index in [1.54, 1.807) is 12.1 Å². The Bertz CT molecular complexity index is 624. The summed E-state index contributed by atoms with van der Waals surface area (Å²) in [6.07, 6.45) is 0. The summed E-state index contributed by atoms with van der Waals surface area (Å²) in [6, 6.07) is 12.0. The Hall–Kier alpha value is -2.11. The van der Waals surface area contributed by atoms with Gasteiger partial charge in [0.15, 0.2) is 0 Å². The Kier molecular flexibility index (Phi) is 4.22. The molecule has 4 nitrogen and oxygen atoms in total. The van der Waals surface area contributed by atoms with Gasteiger partial charge < -0.3 is 15.4 Å². The van der Waals surface area contributed by atoms with E-state index in [0.29, 0.717) is 11.0 Å². The van der Waals surface area contributed by atoms with Crippen molar-refractivity contribution in [3.8, 4) is 0 Å². The van der Waals surface area contributed by atoms with Gasteiger partial charge in [-0.2, -0.15) is 0 Å². The molecule has 1 amide bonds. The van der Waals surface area contributed by atoms with Crippen LogP contribution in [0.3, 0.4) is 0 Å². The van der Waals surface area contributed by atoms with E-state index in [2.05, 4.69) is 5.32 Å². The summed E-state index contributed by atoms with van der Waals surface area (Å²) < 4.78 is 0. The minimum atomic E-state index is -1.52. The Morgan fingerprint density at radius 3 is 2.30 bits per heavy atom. The van der Waals surface area contributed by atoms with Gasteiger partial charge in [0.2, 0.25) is 0 Å². The SMILES string of the molecule is Cc1ccc(C)c(NC(=O)c2ccc(B(O)O)cc2)c1. The van der Waals surface area contributed by atoms with Crippen LogP contribution in [0.1, 0.15) is 21.5 Å². The number of rotatable bonds is 3. The molecule has 102 valence electrons. The summed E-state index contributed by atoms with van der Waals surface area (Å²) in [5.41, 5.74) is 3.67. The lowest BCUT2D eigenvalue weighted by molar-refractivity contribution is 0.102. The Labute approximate surface area is 118 Å². The van der Waals surface area contributed by atoms with E-state index in [9.17, 15) is 4.79 Å². The lowest BCUT2D eigenvalue weighted by Gasteiger charge is -2.09. The first-order chi connectivity index (χ1) is 9.47. The number of amides is 1. The van der Waals surface area contributed by atoms with Crippen LogP contribution in [0.4, 0.5) is 5.69 Å². The topological polar surface area (TPSA) is 69.6 Å². The molecule has 2 aromatic carbocycles. The van der Waals surface area contributed by atoms with Crippen molar-refractivity contribution >= 4 is 24.2 Å². The lowest BCUT2D eigenvalue weighted by Crippen LogP contribution is -2.29. The van der Waals surface area contributed by atoms with E-state index in [1.807, 2.05) is 32.0 Å². The van der Waals surface area contributed by atoms with E-state index in [0.717, 1.165) is 16.8 Å². The van der Waals surface area contributed by atoms with Gasteiger partial charge in [-0.25, -0.2) is 0 Å². The fourth-order valence-electron chi connectivity index (χ4n) is 1.87. The lowest BCUT2D eigenvalue weighted by atomic mass is 9.80. The maximum Gasteiger partial charge on any atom is 0.488 e. The molecule has 0 aromatic heterocycles. The maximum absolute atomic E-state index is 12.1. The molecule has 0 bridgehead atoms. The minimum absolute atomic E-state index is 0.224. The van der Waals surface area contributed by atoms with Crippen LogP contribution in [-0.2, 0) is 0 Å². The molecule has 5 heteroatoms. The van der Waals surface area contributed by atoms with Crippen molar-refractivity contribution in [1.82, 2.24) is 0 Å². The summed E-state index contributed by atoms with van der Waals surface area (Å²) in [5, 5.41) is 20.9. The number of anilines is 1. The van der Waals surface area contributed by atoms with Crippen molar-refractivity contribution in [2.24, 2.45) is 0 Å². The molecular formula is C15H16BNO3. The maximum atomic E-state index is 12.1. The summed E-state index contributed by atoms with van der Waals surface area (Å²) in [6.45, 7) is 3.90. The number of benzene rings is 2. The van der Waals surface area contributed by atoms with Crippen molar-refractivity contribution in [3.05, 3.63) is 59.2 Å². The second-order valence-electron chi connectivity index (χ2n) is 4.77. The van der Waals surface area contributed by atoms with E-state index < -0.39 is 7.12 Å². The summed E-state index contributed by atoms with van der Waals surface area (Å²) in [5.74, 6) is -0.224. The fraction of sp³-hybridized carbons (Fsp3) is 0.133. The molecule has 0 spiro atoms. The van der Waals surface area contributed by atoms with Crippen LogP contribution < -0.4 is 10.8 Å². The first-order valence-corrected chi connectivity index (χ1v) is 6.32. The summed E-state index contributed by atoms with van der Waals surface area (Å²) >= 11 is 0. The normalized spacial score (nSPS) is 10.2. The predicted molar refractivity (Wildman–Crippen MR) is 80.1 cm³/mol. The average molecular weight is 269 g/mol. The molecule has 2 aromatic rings. The van der Waals surface area contributed by atoms with Crippen LogP contribution in [0, 0.1) is 13.8 Å². The fourth-order valence-corrected chi connectivity index (χ4v) is 1.87. The number of aryl methyl sites for hydroxylation is 2. The molecule has 0 aliphatic carbocycles. The Balaban J connectivity index is 2.17. The van der Waals surface area contributed by atoms with E-state index in [4.69, 9.17) is 10.0 Å². The van der Waals surface area contributed by atoms with Crippen molar-refractivity contribution in [2.45, 2.75) is 13.8 Å². The second kappa shape index (κ2) is 5.90. The highest BCUT2D eigenvalue weighted by atomic mass is 16.4. The first kappa shape index (κ1) is 14.3. The highest BCUT2D eigenvalue weighted by molar-refractivity contribution is 6.58. The van der Waals surface area contributed by atoms with E-state index in [1.165, 1.54) is 12.1 Å².